The molecule has 1 amide bonds. The van der Waals surface area contributed by atoms with E-state index in [0.29, 0.717) is 41.7 Å². The molecule has 3 aromatic rings. The largest absolute Gasteiger partial charge is 0.507 e. The second-order valence-electron chi connectivity index (χ2n) is 8.51. The number of aryl methyl sites for hydroxylation is 1. The number of aliphatic hydroxyl groups is 1. The highest BCUT2D eigenvalue weighted by Crippen LogP contribution is 2.48. The van der Waals surface area contributed by atoms with Gasteiger partial charge in [0.05, 0.1) is 32.6 Å². The Bertz CT molecular complexity index is 1530. The van der Waals surface area contributed by atoms with Crippen molar-refractivity contribution < 1.29 is 43.2 Å². The number of Topliss-reactive ketones (excluding diaryl/α,β-unsaturated/α-hetero) is 1. The summed E-state index contributed by atoms with van der Waals surface area (Å²) in [6.45, 7) is 2.31. The molecule has 1 N–H and O–H groups in total. The number of rotatable bonds is 6. The zero-order valence-corrected chi connectivity index (χ0v) is 22.3. The van der Waals surface area contributed by atoms with Crippen LogP contribution in [0.4, 0.5) is 5.13 Å². The van der Waals surface area contributed by atoms with Crippen LogP contribution in [0.2, 0.25) is 0 Å². The quantitative estimate of drug-likeness (QED) is 0.209. The van der Waals surface area contributed by atoms with E-state index in [9.17, 15) is 19.5 Å². The molecule has 12 heteroatoms. The van der Waals surface area contributed by atoms with Crippen LogP contribution in [0.1, 0.15) is 32.5 Å². The lowest BCUT2D eigenvalue weighted by Gasteiger charge is -2.25. The molecule has 1 fully saturated rings. The Morgan fingerprint density at radius 3 is 2.51 bits per heavy atom. The lowest BCUT2D eigenvalue weighted by atomic mass is 9.94. The summed E-state index contributed by atoms with van der Waals surface area (Å²) in [5.41, 5.74) is 0.736. The second-order valence-corrected chi connectivity index (χ2v) is 9.49. The van der Waals surface area contributed by atoms with Crippen LogP contribution >= 0.6 is 11.3 Å². The third-order valence-corrected chi connectivity index (χ3v) is 7.49. The monoisotopic (exact) mass is 552 g/mol. The van der Waals surface area contributed by atoms with Crippen LogP contribution < -0.4 is 23.8 Å². The molecule has 3 heterocycles. The minimum atomic E-state index is -1.17. The summed E-state index contributed by atoms with van der Waals surface area (Å²) in [7, 11) is 4.12. The van der Waals surface area contributed by atoms with Crippen LogP contribution in [0.3, 0.4) is 0 Å². The molecule has 2 aromatic carbocycles. The average molecular weight is 553 g/mol. The number of esters is 1. The van der Waals surface area contributed by atoms with Gasteiger partial charge < -0.3 is 28.8 Å². The van der Waals surface area contributed by atoms with Gasteiger partial charge in [-0.05, 0) is 31.2 Å². The Kier molecular flexibility index (Phi) is 6.87. The summed E-state index contributed by atoms with van der Waals surface area (Å²) >= 11 is 0.900. The molecule has 39 heavy (non-hydrogen) atoms. The van der Waals surface area contributed by atoms with Gasteiger partial charge in [0, 0.05) is 11.1 Å². The molecule has 202 valence electrons. The number of carbonyl (C=O) groups excluding carboxylic acids is 3. The first kappa shape index (κ1) is 26.0. The van der Waals surface area contributed by atoms with Gasteiger partial charge in [-0.1, -0.05) is 23.5 Å². The number of benzene rings is 2. The number of hydrogen-bond donors (Lipinski definition) is 1. The predicted molar refractivity (Wildman–Crippen MR) is 140 cm³/mol. The first-order valence-corrected chi connectivity index (χ1v) is 12.6. The lowest BCUT2D eigenvalue weighted by molar-refractivity contribution is -0.132. The van der Waals surface area contributed by atoms with Gasteiger partial charge in [0.1, 0.15) is 29.9 Å². The highest BCUT2D eigenvalue weighted by Gasteiger charge is 2.49. The zero-order valence-electron chi connectivity index (χ0n) is 21.5. The highest BCUT2D eigenvalue weighted by atomic mass is 32.1. The third kappa shape index (κ3) is 4.32. The van der Waals surface area contributed by atoms with Crippen LogP contribution in [0.5, 0.6) is 23.0 Å². The number of aliphatic hydroxyl groups excluding tert-OH is 1. The fourth-order valence-electron chi connectivity index (χ4n) is 4.56. The molecule has 1 aromatic heterocycles. The number of fused-ring (bicyclic) bond motifs is 1. The molecule has 1 atom stereocenters. The van der Waals surface area contributed by atoms with Crippen molar-refractivity contribution in [3.05, 3.63) is 63.7 Å². The fourth-order valence-corrected chi connectivity index (χ4v) is 5.58. The number of ketones is 1. The molecule has 11 nitrogen and oxygen atoms in total. The van der Waals surface area contributed by atoms with Crippen molar-refractivity contribution in [1.82, 2.24) is 4.98 Å². The van der Waals surface area contributed by atoms with Gasteiger partial charge in [-0.25, -0.2) is 9.78 Å². The summed E-state index contributed by atoms with van der Waals surface area (Å²) in [6, 6.07) is 8.56. The third-order valence-electron chi connectivity index (χ3n) is 6.35. The highest BCUT2D eigenvalue weighted by molar-refractivity contribution is 7.17. The summed E-state index contributed by atoms with van der Waals surface area (Å²) < 4.78 is 27.1. The van der Waals surface area contributed by atoms with Gasteiger partial charge >= 0.3 is 11.9 Å². The summed E-state index contributed by atoms with van der Waals surface area (Å²) in [4.78, 5) is 45.1. The van der Waals surface area contributed by atoms with Gasteiger partial charge in [-0.15, -0.1) is 0 Å². The van der Waals surface area contributed by atoms with Crippen LogP contribution in [0.15, 0.2) is 42.0 Å². The Morgan fingerprint density at radius 2 is 1.82 bits per heavy atom. The topological polar surface area (TPSA) is 134 Å². The number of methoxy groups -OCH3 is 3. The first-order chi connectivity index (χ1) is 18.8. The van der Waals surface area contributed by atoms with Crippen molar-refractivity contribution in [3.63, 3.8) is 0 Å². The van der Waals surface area contributed by atoms with Crippen molar-refractivity contribution in [2.24, 2.45) is 0 Å². The van der Waals surface area contributed by atoms with E-state index in [2.05, 4.69) is 4.98 Å². The molecule has 2 aliphatic rings. The van der Waals surface area contributed by atoms with Crippen molar-refractivity contribution in [1.29, 1.82) is 0 Å². The van der Waals surface area contributed by atoms with E-state index in [0.717, 1.165) is 16.2 Å². The summed E-state index contributed by atoms with van der Waals surface area (Å²) in [5, 5.41) is 11.6. The Labute approximate surface area is 227 Å². The minimum Gasteiger partial charge on any atom is -0.507 e. The number of aromatic nitrogens is 1. The number of anilines is 1. The first-order valence-electron chi connectivity index (χ1n) is 11.8. The van der Waals surface area contributed by atoms with Gasteiger partial charge in [0.15, 0.2) is 28.1 Å². The lowest BCUT2D eigenvalue weighted by Crippen LogP contribution is -2.29. The molecule has 1 saturated heterocycles. The molecule has 1 unspecified atom stereocenters. The van der Waals surface area contributed by atoms with Crippen molar-refractivity contribution in [2.45, 2.75) is 13.0 Å². The van der Waals surface area contributed by atoms with Gasteiger partial charge in [-0.2, -0.15) is 0 Å². The van der Waals surface area contributed by atoms with E-state index in [1.54, 1.807) is 43.3 Å². The maximum atomic E-state index is 13.6. The minimum absolute atomic E-state index is 0.0751. The van der Waals surface area contributed by atoms with Crippen LogP contribution in [0.25, 0.3) is 5.76 Å². The molecule has 0 spiro atoms. The van der Waals surface area contributed by atoms with E-state index in [1.807, 2.05) is 0 Å². The van der Waals surface area contributed by atoms with Gasteiger partial charge in [0.2, 0.25) is 0 Å². The fraction of sp³-hybridized carbons (Fsp3) is 0.259. The maximum absolute atomic E-state index is 13.6. The van der Waals surface area contributed by atoms with Crippen LogP contribution in [-0.2, 0) is 14.3 Å². The second kappa shape index (κ2) is 10.3. The predicted octanol–water partition coefficient (Wildman–Crippen LogP) is 3.65. The summed E-state index contributed by atoms with van der Waals surface area (Å²) in [5.74, 6) is -1.43. The standard InChI is InChI=1S/C27H24N2O9S/c1-13-24(26(33)36-4)39-27(28-13)29-20(15-6-5-7-17(34-2)23(15)35-3)19(22(31)25(29)32)21(30)14-8-9-16-18(12-14)38-11-10-37-16/h5-9,12,20,30H,10-11H2,1-4H3/b21-19+. The summed E-state index contributed by atoms with van der Waals surface area (Å²) in [6.07, 6.45) is 0. The molecular weight excluding hydrogens is 528 g/mol. The number of hydrogen-bond acceptors (Lipinski definition) is 11. The number of nitrogens with zero attached hydrogens (tertiary/aromatic N) is 2. The Morgan fingerprint density at radius 1 is 1.08 bits per heavy atom. The SMILES string of the molecule is COC(=O)c1sc(N2C(=O)C(=O)/C(=C(/O)c3ccc4c(c3)OCCO4)C2c2cccc(OC)c2OC)nc1C. The molecule has 0 aliphatic carbocycles. The van der Waals surface area contributed by atoms with Crippen molar-refractivity contribution >= 4 is 39.9 Å². The molecule has 2 aliphatic heterocycles. The van der Waals surface area contributed by atoms with Crippen molar-refractivity contribution in [3.8, 4) is 23.0 Å². The number of ether oxygens (including phenoxy) is 5. The van der Waals surface area contributed by atoms with E-state index >= 15 is 0 Å². The molecule has 0 radical (unpaired) electrons. The van der Waals surface area contributed by atoms with Gasteiger partial charge in [0.25, 0.3) is 5.78 Å². The van der Waals surface area contributed by atoms with E-state index in [4.69, 9.17) is 23.7 Å². The van der Waals surface area contributed by atoms with Crippen LogP contribution in [-0.4, -0.2) is 62.3 Å². The van der Waals surface area contributed by atoms with E-state index in [1.165, 1.54) is 21.3 Å². The van der Waals surface area contributed by atoms with E-state index in [-0.39, 0.29) is 26.9 Å². The Hall–Kier alpha value is -4.58. The smallest absolute Gasteiger partial charge is 0.350 e. The molecular formula is C27H24N2O9S. The van der Waals surface area contributed by atoms with Crippen molar-refractivity contribution in [2.75, 3.05) is 39.4 Å². The zero-order chi connectivity index (χ0) is 27.8. The Balaban J connectivity index is 1.75. The van der Waals surface area contributed by atoms with Gasteiger partial charge in [-0.3, -0.25) is 14.5 Å². The molecule has 0 bridgehead atoms. The maximum Gasteiger partial charge on any atom is 0.350 e. The number of carbonyl (C=O) groups is 3. The average Bonchev–Trinajstić information content (AvgIpc) is 3.47. The van der Waals surface area contributed by atoms with Crippen LogP contribution in [0, 0.1) is 6.92 Å². The number of para-hydroxylation sites is 1. The molecule has 0 saturated carbocycles. The molecule has 5 rings (SSSR count). The van der Waals surface area contributed by atoms with E-state index < -0.39 is 29.5 Å². The number of thiazole rings is 1. The number of amides is 1. The normalized spacial score (nSPS) is 17.7.